The van der Waals surface area contributed by atoms with Crippen molar-refractivity contribution in [2.45, 2.75) is 6.92 Å². The first-order valence-electron chi connectivity index (χ1n) is 7.82. The van der Waals surface area contributed by atoms with Crippen LogP contribution in [0.25, 0.3) is 27.9 Å². The molecule has 2 aromatic carbocycles. The molecule has 3 aromatic rings. The molecule has 4 rings (SSSR count). The van der Waals surface area contributed by atoms with Crippen molar-refractivity contribution in [1.29, 1.82) is 0 Å². The summed E-state index contributed by atoms with van der Waals surface area (Å²) in [5.74, 6) is 0.00511. The van der Waals surface area contributed by atoms with E-state index < -0.39 is 0 Å². The van der Waals surface area contributed by atoms with Gasteiger partial charge in [0.05, 0.1) is 4.91 Å². The van der Waals surface area contributed by atoms with Gasteiger partial charge in [-0.2, -0.15) is 0 Å². The van der Waals surface area contributed by atoms with Crippen LogP contribution in [-0.4, -0.2) is 26.2 Å². The Labute approximate surface area is 149 Å². The van der Waals surface area contributed by atoms with Crippen molar-refractivity contribution in [3.63, 3.8) is 0 Å². The lowest BCUT2D eigenvalue weighted by atomic mass is 10.1. The smallest absolute Gasteiger partial charge is 0.266 e. The summed E-state index contributed by atoms with van der Waals surface area (Å²) in [6, 6.07) is 14.7. The standard InChI is InChI=1S/C19H16N2OS2/c1-3-21-18(22)17(24-19(21)23)11-12-8-9-16-14(10-12)13-6-4-5-7-15(13)20(16)2/h4-11H,3H2,1-2H3. The molecule has 0 saturated carbocycles. The van der Waals surface area contributed by atoms with Crippen LogP contribution in [0.5, 0.6) is 0 Å². The number of rotatable bonds is 2. The van der Waals surface area contributed by atoms with E-state index in [1.54, 1.807) is 4.90 Å². The number of aryl methyl sites for hydroxylation is 1. The SMILES string of the molecule is CCN1C(=O)C(=Cc2ccc3c(c2)c2ccccc2n3C)SC1=S. The maximum Gasteiger partial charge on any atom is 0.266 e. The molecule has 120 valence electrons. The molecule has 24 heavy (non-hydrogen) atoms. The zero-order chi connectivity index (χ0) is 16.8. The van der Waals surface area contributed by atoms with Crippen molar-refractivity contribution in [3.8, 4) is 0 Å². The molecule has 3 nitrogen and oxygen atoms in total. The molecule has 2 heterocycles. The highest BCUT2D eigenvalue weighted by molar-refractivity contribution is 8.26. The van der Waals surface area contributed by atoms with E-state index in [2.05, 4.69) is 54.1 Å². The average molecular weight is 352 g/mol. The van der Waals surface area contributed by atoms with Gasteiger partial charge in [-0.05, 0) is 36.8 Å². The highest BCUT2D eigenvalue weighted by Crippen LogP contribution is 2.34. The third-order valence-electron chi connectivity index (χ3n) is 4.43. The highest BCUT2D eigenvalue weighted by atomic mass is 32.2. The number of likely N-dealkylation sites (N-methyl/N-ethyl adjacent to an activating group) is 1. The van der Waals surface area contributed by atoms with Crippen molar-refractivity contribution < 1.29 is 4.79 Å². The summed E-state index contributed by atoms with van der Waals surface area (Å²) >= 11 is 6.66. The zero-order valence-corrected chi connectivity index (χ0v) is 15.1. The second-order valence-corrected chi connectivity index (χ2v) is 7.45. The van der Waals surface area contributed by atoms with Gasteiger partial charge in [-0.1, -0.05) is 48.2 Å². The number of hydrogen-bond acceptors (Lipinski definition) is 3. The van der Waals surface area contributed by atoms with Crippen LogP contribution in [0, 0.1) is 0 Å². The minimum atomic E-state index is 0.00511. The van der Waals surface area contributed by atoms with Crippen LogP contribution < -0.4 is 0 Å². The fourth-order valence-electron chi connectivity index (χ4n) is 3.20. The van der Waals surface area contributed by atoms with Gasteiger partial charge in [0.15, 0.2) is 0 Å². The Morgan fingerprint density at radius 2 is 1.88 bits per heavy atom. The highest BCUT2D eigenvalue weighted by Gasteiger charge is 2.30. The van der Waals surface area contributed by atoms with Crippen LogP contribution in [-0.2, 0) is 11.8 Å². The van der Waals surface area contributed by atoms with Gasteiger partial charge >= 0.3 is 0 Å². The third-order valence-corrected chi connectivity index (χ3v) is 5.80. The van der Waals surface area contributed by atoms with Gasteiger partial charge in [0.2, 0.25) is 0 Å². The molecule has 0 bridgehead atoms. The number of nitrogens with zero attached hydrogens (tertiary/aromatic N) is 2. The first-order chi connectivity index (χ1) is 11.6. The molecule has 5 heteroatoms. The van der Waals surface area contributed by atoms with Crippen molar-refractivity contribution in [3.05, 3.63) is 52.9 Å². The van der Waals surface area contributed by atoms with Crippen molar-refractivity contribution in [1.82, 2.24) is 9.47 Å². The van der Waals surface area contributed by atoms with E-state index in [-0.39, 0.29) is 5.91 Å². The van der Waals surface area contributed by atoms with Crippen LogP contribution in [0.2, 0.25) is 0 Å². The van der Waals surface area contributed by atoms with Crippen LogP contribution >= 0.6 is 24.0 Å². The minimum absolute atomic E-state index is 0.00511. The normalized spacial score (nSPS) is 16.9. The molecule has 0 spiro atoms. The molecular weight excluding hydrogens is 336 g/mol. The molecule has 0 atom stereocenters. The zero-order valence-electron chi connectivity index (χ0n) is 13.4. The maximum absolute atomic E-state index is 12.4. The number of hydrogen-bond donors (Lipinski definition) is 0. The number of carbonyl (C=O) groups is 1. The number of amides is 1. The van der Waals surface area contributed by atoms with Crippen molar-refractivity contribution in [2.75, 3.05) is 6.54 Å². The van der Waals surface area contributed by atoms with Gasteiger partial charge in [-0.25, -0.2) is 0 Å². The van der Waals surface area contributed by atoms with Crippen LogP contribution in [0.15, 0.2) is 47.4 Å². The molecule has 1 saturated heterocycles. The summed E-state index contributed by atoms with van der Waals surface area (Å²) in [5, 5.41) is 2.43. The fourth-order valence-corrected chi connectivity index (χ4v) is 4.58. The summed E-state index contributed by atoms with van der Waals surface area (Å²) in [6.07, 6.45) is 1.94. The number of para-hydroxylation sites is 1. The average Bonchev–Trinajstić information content (AvgIpc) is 3.02. The summed E-state index contributed by atoms with van der Waals surface area (Å²) in [4.78, 5) is 14.7. The summed E-state index contributed by atoms with van der Waals surface area (Å²) in [5.41, 5.74) is 3.42. The van der Waals surface area contributed by atoms with E-state index in [0.29, 0.717) is 15.8 Å². The quantitative estimate of drug-likeness (QED) is 0.500. The molecule has 0 aliphatic carbocycles. The molecule has 0 unspecified atom stereocenters. The molecule has 1 fully saturated rings. The molecular formula is C19H16N2OS2. The molecule has 1 aliphatic heterocycles. The van der Waals surface area contributed by atoms with Gasteiger partial charge in [0.1, 0.15) is 4.32 Å². The molecule has 0 radical (unpaired) electrons. The number of carbonyl (C=O) groups excluding carboxylic acids is 1. The molecule has 0 N–H and O–H groups in total. The Morgan fingerprint density at radius 1 is 1.12 bits per heavy atom. The molecule has 1 aliphatic rings. The van der Waals surface area contributed by atoms with E-state index >= 15 is 0 Å². The number of benzene rings is 2. The maximum atomic E-state index is 12.4. The second kappa shape index (κ2) is 5.76. The Bertz CT molecular complexity index is 1030. The lowest BCUT2D eigenvalue weighted by Gasteiger charge is -2.09. The Kier molecular flexibility index (Phi) is 3.70. The Balaban J connectivity index is 1.84. The van der Waals surface area contributed by atoms with E-state index in [1.807, 2.05) is 13.0 Å². The second-order valence-electron chi connectivity index (χ2n) is 5.78. The van der Waals surface area contributed by atoms with Crippen LogP contribution in [0.1, 0.15) is 12.5 Å². The van der Waals surface area contributed by atoms with Gasteiger partial charge in [-0.15, -0.1) is 0 Å². The van der Waals surface area contributed by atoms with Crippen LogP contribution in [0.3, 0.4) is 0 Å². The fraction of sp³-hybridized carbons (Fsp3) is 0.158. The molecule has 1 amide bonds. The van der Waals surface area contributed by atoms with Gasteiger partial charge in [-0.3, -0.25) is 9.69 Å². The van der Waals surface area contributed by atoms with Crippen molar-refractivity contribution >= 4 is 62.1 Å². The van der Waals surface area contributed by atoms with Gasteiger partial charge < -0.3 is 4.57 Å². The van der Waals surface area contributed by atoms with Gasteiger partial charge in [0, 0.05) is 35.4 Å². The van der Waals surface area contributed by atoms with Crippen molar-refractivity contribution in [2.24, 2.45) is 7.05 Å². The summed E-state index contributed by atoms with van der Waals surface area (Å²) in [7, 11) is 2.08. The topological polar surface area (TPSA) is 25.2 Å². The third kappa shape index (κ3) is 2.27. The Morgan fingerprint density at radius 3 is 2.62 bits per heavy atom. The lowest BCUT2D eigenvalue weighted by Crippen LogP contribution is -2.27. The predicted molar refractivity (Wildman–Crippen MR) is 106 cm³/mol. The van der Waals surface area contributed by atoms with E-state index in [4.69, 9.17) is 12.2 Å². The predicted octanol–water partition coefficient (Wildman–Crippen LogP) is 4.55. The number of thioether (sulfide) groups is 1. The Hall–Kier alpha value is -2.11. The summed E-state index contributed by atoms with van der Waals surface area (Å²) in [6.45, 7) is 2.56. The largest absolute Gasteiger partial charge is 0.344 e. The summed E-state index contributed by atoms with van der Waals surface area (Å²) < 4.78 is 2.84. The number of aromatic nitrogens is 1. The van der Waals surface area contributed by atoms with E-state index in [1.165, 1.54) is 33.6 Å². The molecule has 1 aromatic heterocycles. The van der Waals surface area contributed by atoms with Gasteiger partial charge in [0.25, 0.3) is 5.91 Å². The number of fused-ring (bicyclic) bond motifs is 3. The van der Waals surface area contributed by atoms with Crippen LogP contribution in [0.4, 0.5) is 0 Å². The number of thiocarbonyl (C=S) groups is 1. The first kappa shape index (κ1) is 15.4. The van der Waals surface area contributed by atoms with E-state index in [9.17, 15) is 4.79 Å². The monoisotopic (exact) mass is 352 g/mol. The lowest BCUT2D eigenvalue weighted by molar-refractivity contribution is -0.121. The van der Waals surface area contributed by atoms with E-state index in [0.717, 1.165) is 5.56 Å². The minimum Gasteiger partial charge on any atom is -0.344 e. The first-order valence-corrected chi connectivity index (χ1v) is 9.05.